The van der Waals surface area contributed by atoms with Crippen molar-refractivity contribution >= 4 is 17.5 Å². The van der Waals surface area contributed by atoms with Crippen LogP contribution in [0.5, 0.6) is 11.5 Å². The third-order valence-electron chi connectivity index (χ3n) is 3.91. The first-order chi connectivity index (χ1) is 12.9. The second kappa shape index (κ2) is 12.1. The summed E-state index contributed by atoms with van der Waals surface area (Å²) in [7, 11) is 0. The summed E-state index contributed by atoms with van der Waals surface area (Å²) in [6, 6.07) is 3.35. The lowest BCUT2D eigenvalue weighted by Gasteiger charge is -2.15. The number of benzene rings is 1. The zero-order valence-corrected chi connectivity index (χ0v) is 16.8. The molecule has 1 aromatic rings. The van der Waals surface area contributed by atoms with Crippen LogP contribution in [-0.4, -0.2) is 37.4 Å². The fourth-order valence-electron chi connectivity index (χ4n) is 2.34. The highest BCUT2D eigenvalue weighted by atomic mass is 16.5. The van der Waals surface area contributed by atoms with Crippen molar-refractivity contribution in [1.82, 2.24) is 0 Å². The van der Waals surface area contributed by atoms with Crippen LogP contribution in [0.1, 0.15) is 68.8 Å². The Balaban J connectivity index is 3.03. The second-order valence-electron chi connectivity index (χ2n) is 6.26. The molecule has 0 saturated heterocycles. The van der Waals surface area contributed by atoms with Crippen molar-refractivity contribution in [3.05, 3.63) is 23.3 Å². The molecule has 0 aliphatic rings. The normalized spacial score (nSPS) is 10.4. The number of ketones is 2. The molecule has 0 fully saturated rings. The molecular formula is C21H30O6. The number of ether oxygens (including phenoxy) is 3. The fourth-order valence-corrected chi connectivity index (χ4v) is 2.34. The third-order valence-corrected chi connectivity index (χ3v) is 3.91. The molecule has 0 amide bonds. The summed E-state index contributed by atoms with van der Waals surface area (Å²) in [5.74, 6) is -1.29. The molecule has 6 heteroatoms. The van der Waals surface area contributed by atoms with Crippen molar-refractivity contribution in [2.75, 3.05) is 19.8 Å². The molecule has 0 heterocycles. The summed E-state index contributed by atoms with van der Waals surface area (Å²) in [6.45, 7) is 8.70. The van der Waals surface area contributed by atoms with E-state index in [1.807, 2.05) is 13.8 Å². The first-order valence-corrected chi connectivity index (χ1v) is 9.57. The summed E-state index contributed by atoms with van der Waals surface area (Å²) < 4.78 is 16.2. The number of carbonyl (C=O) groups is 3. The SMILES string of the molecule is CCCCOc1cc(OCCCC)c(C(=O)CC(=O)C(=O)OCC)cc1C. The minimum absolute atomic E-state index is 0.0903. The topological polar surface area (TPSA) is 78.9 Å². The Morgan fingerprint density at radius 2 is 1.48 bits per heavy atom. The van der Waals surface area contributed by atoms with Crippen LogP contribution in [0.3, 0.4) is 0 Å². The molecule has 0 saturated carbocycles. The smallest absolute Gasteiger partial charge is 0.375 e. The number of esters is 1. The average molecular weight is 378 g/mol. The molecule has 0 radical (unpaired) electrons. The minimum Gasteiger partial charge on any atom is -0.493 e. The summed E-state index contributed by atoms with van der Waals surface area (Å²) in [4.78, 5) is 35.9. The van der Waals surface area contributed by atoms with Crippen molar-refractivity contribution < 1.29 is 28.6 Å². The van der Waals surface area contributed by atoms with Gasteiger partial charge in [0.05, 0.1) is 31.8 Å². The van der Waals surface area contributed by atoms with Crippen LogP contribution in [-0.2, 0) is 14.3 Å². The van der Waals surface area contributed by atoms with Gasteiger partial charge in [-0.1, -0.05) is 26.7 Å². The zero-order valence-electron chi connectivity index (χ0n) is 16.8. The minimum atomic E-state index is -0.990. The molecule has 1 aromatic carbocycles. The lowest BCUT2D eigenvalue weighted by atomic mass is 10.0. The van der Waals surface area contributed by atoms with Crippen LogP contribution < -0.4 is 9.47 Å². The standard InChI is InChI=1S/C21H30O6/c1-5-8-10-26-19-14-20(27-11-9-6-2)16(12-15(19)4)17(22)13-18(23)21(24)25-7-3/h12,14H,5-11,13H2,1-4H3. The van der Waals surface area contributed by atoms with Gasteiger partial charge in [0, 0.05) is 6.07 Å². The molecule has 27 heavy (non-hydrogen) atoms. The Morgan fingerprint density at radius 3 is 2.04 bits per heavy atom. The van der Waals surface area contributed by atoms with E-state index < -0.39 is 24.0 Å². The molecule has 0 aromatic heterocycles. The van der Waals surface area contributed by atoms with Gasteiger partial charge in [-0.15, -0.1) is 0 Å². The van der Waals surface area contributed by atoms with E-state index in [1.54, 1.807) is 19.1 Å². The first kappa shape index (κ1) is 22.7. The van der Waals surface area contributed by atoms with Crippen LogP contribution in [0.2, 0.25) is 0 Å². The van der Waals surface area contributed by atoms with Gasteiger partial charge in [-0.25, -0.2) is 4.79 Å². The van der Waals surface area contributed by atoms with E-state index in [1.165, 1.54) is 0 Å². The number of Topliss-reactive ketones (excluding diaryl/α,β-unsaturated/α-hetero) is 2. The predicted octanol–water partition coefficient (Wildman–Crippen LogP) is 4.06. The Hall–Kier alpha value is -2.37. The Morgan fingerprint density at radius 1 is 0.889 bits per heavy atom. The monoisotopic (exact) mass is 378 g/mol. The van der Waals surface area contributed by atoms with Crippen molar-refractivity contribution in [2.45, 2.75) is 59.8 Å². The van der Waals surface area contributed by atoms with Gasteiger partial charge in [0.1, 0.15) is 11.5 Å². The van der Waals surface area contributed by atoms with Crippen molar-refractivity contribution in [1.29, 1.82) is 0 Å². The molecule has 1 rings (SSSR count). The largest absolute Gasteiger partial charge is 0.493 e. The van der Waals surface area contributed by atoms with Gasteiger partial charge in [-0.2, -0.15) is 0 Å². The van der Waals surface area contributed by atoms with E-state index in [4.69, 9.17) is 9.47 Å². The van der Waals surface area contributed by atoms with Gasteiger partial charge in [0.15, 0.2) is 5.78 Å². The lowest BCUT2D eigenvalue weighted by molar-refractivity contribution is -0.153. The van der Waals surface area contributed by atoms with E-state index in [-0.39, 0.29) is 12.2 Å². The molecule has 150 valence electrons. The molecule has 0 unspecified atom stereocenters. The van der Waals surface area contributed by atoms with Gasteiger partial charge in [-0.3, -0.25) is 9.59 Å². The van der Waals surface area contributed by atoms with Crippen molar-refractivity contribution in [3.8, 4) is 11.5 Å². The maximum Gasteiger partial charge on any atom is 0.375 e. The van der Waals surface area contributed by atoms with Crippen LogP contribution in [0, 0.1) is 6.92 Å². The van der Waals surface area contributed by atoms with Crippen LogP contribution in [0.25, 0.3) is 0 Å². The number of aryl methyl sites for hydroxylation is 1. The average Bonchev–Trinajstić information content (AvgIpc) is 2.64. The van der Waals surface area contributed by atoms with Crippen LogP contribution >= 0.6 is 0 Å². The van der Waals surface area contributed by atoms with E-state index in [2.05, 4.69) is 11.7 Å². The number of hydrogen-bond acceptors (Lipinski definition) is 6. The molecule has 0 aliphatic carbocycles. The highest BCUT2D eigenvalue weighted by Crippen LogP contribution is 2.30. The number of carbonyl (C=O) groups excluding carboxylic acids is 3. The fraction of sp³-hybridized carbons (Fsp3) is 0.571. The van der Waals surface area contributed by atoms with Crippen LogP contribution in [0.15, 0.2) is 12.1 Å². The molecule has 0 spiro atoms. The van der Waals surface area contributed by atoms with E-state index >= 15 is 0 Å². The van der Waals surface area contributed by atoms with Gasteiger partial charge in [-0.05, 0) is 38.3 Å². The zero-order chi connectivity index (χ0) is 20.2. The molecule has 6 nitrogen and oxygen atoms in total. The maximum atomic E-state index is 12.6. The van der Waals surface area contributed by atoms with Crippen molar-refractivity contribution in [3.63, 3.8) is 0 Å². The number of hydrogen-bond donors (Lipinski definition) is 0. The van der Waals surface area contributed by atoms with Crippen molar-refractivity contribution in [2.24, 2.45) is 0 Å². The molecule has 0 bridgehead atoms. The van der Waals surface area contributed by atoms with Gasteiger partial charge in [0.2, 0.25) is 5.78 Å². The third kappa shape index (κ3) is 7.41. The Labute approximate surface area is 161 Å². The van der Waals surface area contributed by atoms with E-state index in [0.717, 1.165) is 31.2 Å². The van der Waals surface area contributed by atoms with Gasteiger partial charge in [0.25, 0.3) is 0 Å². The lowest BCUT2D eigenvalue weighted by Crippen LogP contribution is -2.21. The Bertz CT molecular complexity index is 650. The summed E-state index contributed by atoms with van der Waals surface area (Å²) in [5, 5.41) is 0. The Kier molecular flexibility index (Phi) is 10.2. The number of rotatable bonds is 13. The highest BCUT2D eigenvalue weighted by molar-refractivity contribution is 6.38. The quantitative estimate of drug-likeness (QED) is 0.169. The maximum absolute atomic E-state index is 12.6. The second-order valence-corrected chi connectivity index (χ2v) is 6.26. The van der Waals surface area contributed by atoms with Crippen LogP contribution in [0.4, 0.5) is 0 Å². The molecule has 0 aliphatic heterocycles. The predicted molar refractivity (Wildman–Crippen MR) is 103 cm³/mol. The van der Waals surface area contributed by atoms with Gasteiger partial charge >= 0.3 is 5.97 Å². The van der Waals surface area contributed by atoms with Gasteiger partial charge < -0.3 is 14.2 Å². The molecule has 0 atom stereocenters. The summed E-state index contributed by atoms with van der Waals surface area (Å²) in [5.41, 5.74) is 1.06. The highest BCUT2D eigenvalue weighted by Gasteiger charge is 2.23. The summed E-state index contributed by atoms with van der Waals surface area (Å²) in [6.07, 6.45) is 3.20. The molecular weight excluding hydrogens is 348 g/mol. The van der Waals surface area contributed by atoms with E-state index in [9.17, 15) is 14.4 Å². The first-order valence-electron chi connectivity index (χ1n) is 9.57. The molecule has 0 N–H and O–H groups in total. The number of unbranched alkanes of at least 4 members (excludes halogenated alkanes) is 2. The van der Waals surface area contributed by atoms with E-state index in [0.29, 0.717) is 24.7 Å². The summed E-state index contributed by atoms with van der Waals surface area (Å²) >= 11 is 0.